The number of aryl methyl sites for hydroxylation is 1. The van der Waals surface area contributed by atoms with Crippen LogP contribution in [0, 0.1) is 6.92 Å². The van der Waals surface area contributed by atoms with Crippen molar-refractivity contribution in [2.24, 2.45) is 0 Å². The number of rotatable bonds is 7. The monoisotopic (exact) mass is 368 g/mol. The minimum atomic E-state index is -1.22. The molecule has 2 heterocycles. The van der Waals surface area contributed by atoms with Crippen molar-refractivity contribution in [2.45, 2.75) is 20.0 Å². The fourth-order valence-corrected chi connectivity index (χ4v) is 2.32. The second kappa shape index (κ2) is 8.09. The maximum atomic E-state index is 11.4. The largest absolute Gasteiger partial charge is 0.481 e. The van der Waals surface area contributed by atoms with Gasteiger partial charge in [-0.2, -0.15) is 0 Å². The van der Waals surface area contributed by atoms with Crippen molar-refractivity contribution in [1.29, 1.82) is 0 Å². The second-order valence-electron chi connectivity index (χ2n) is 5.60. The number of benzene rings is 1. The Labute approximate surface area is 154 Å². The van der Waals surface area contributed by atoms with Crippen LogP contribution in [0.5, 0.6) is 5.88 Å². The molecule has 3 rings (SSSR count). The van der Waals surface area contributed by atoms with Crippen LogP contribution < -0.4 is 10.1 Å². The molecule has 27 heavy (non-hydrogen) atoms. The summed E-state index contributed by atoms with van der Waals surface area (Å²) in [5.41, 5.74) is 2.40. The molecule has 0 saturated heterocycles. The molecule has 0 bridgehead atoms. The fourth-order valence-electron chi connectivity index (χ4n) is 2.32. The van der Waals surface area contributed by atoms with Crippen molar-refractivity contribution in [3.05, 3.63) is 53.8 Å². The van der Waals surface area contributed by atoms with Crippen LogP contribution in [-0.4, -0.2) is 32.3 Å². The van der Waals surface area contributed by atoms with E-state index in [1.54, 1.807) is 6.92 Å². The number of carbonyl (C=O) groups excluding carboxylic acids is 1. The summed E-state index contributed by atoms with van der Waals surface area (Å²) in [6.45, 7) is 1.98. The van der Waals surface area contributed by atoms with Crippen LogP contribution in [0.3, 0.4) is 0 Å². The number of carboxylic acids is 1. The third-order valence-corrected chi connectivity index (χ3v) is 3.62. The highest BCUT2D eigenvalue weighted by Gasteiger charge is 2.15. The normalized spacial score (nSPS) is 10.4. The predicted octanol–water partition coefficient (Wildman–Crippen LogP) is 2.43. The quantitative estimate of drug-likeness (QED) is 0.609. The van der Waals surface area contributed by atoms with E-state index < -0.39 is 18.3 Å². The molecule has 0 saturated carbocycles. The van der Waals surface area contributed by atoms with Gasteiger partial charge in [0.1, 0.15) is 24.5 Å². The topological polar surface area (TPSA) is 127 Å². The van der Waals surface area contributed by atoms with Gasteiger partial charge in [0, 0.05) is 11.6 Å². The number of anilines is 1. The summed E-state index contributed by atoms with van der Waals surface area (Å²) in [6, 6.07) is 12.6. The van der Waals surface area contributed by atoms with Crippen LogP contribution in [0.25, 0.3) is 11.3 Å². The van der Waals surface area contributed by atoms with Crippen molar-refractivity contribution in [3.8, 4) is 17.1 Å². The van der Waals surface area contributed by atoms with E-state index in [0.717, 1.165) is 11.1 Å². The Hall–Kier alpha value is -3.75. The molecule has 138 valence electrons. The van der Waals surface area contributed by atoms with Crippen LogP contribution in [0.15, 0.2) is 47.0 Å². The molecule has 1 aromatic carbocycles. The van der Waals surface area contributed by atoms with Gasteiger partial charge in [0.2, 0.25) is 11.8 Å². The number of nitrogens with one attached hydrogen (secondary N) is 1. The van der Waals surface area contributed by atoms with E-state index >= 15 is 0 Å². The smallest absolute Gasteiger partial charge is 0.312 e. The van der Waals surface area contributed by atoms with Gasteiger partial charge >= 0.3 is 5.97 Å². The molecule has 3 aromatic rings. The molecule has 2 N–H and O–H groups in total. The zero-order chi connectivity index (χ0) is 19.2. The van der Waals surface area contributed by atoms with E-state index in [1.165, 1.54) is 12.1 Å². The Morgan fingerprint density at radius 1 is 1.15 bits per heavy atom. The first-order chi connectivity index (χ1) is 13.0. The minimum Gasteiger partial charge on any atom is -0.481 e. The highest BCUT2D eigenvalue weighted by Crippen LogP contribution is 2.26. The number of hydrogen-bond donors (Lipinski definition) is 2. The van der Waals surface area contributed by atoms with Gasteiger partial charge < -0.3 is 19.7 Å². The highest BCUT2D eigenvalue weighted by molar-refractivity contribution is 6.00. The van der Waals surface area contributed by atoms with Crippen LogP contribution >= 0.6 is 0 Å². The molecular weight excluding hydrogens is 352 g/mol. The Kier molecular flexibility index (Phi) is 5.41. The first-order valence-corrected chi connectivity index (χ1v) is 8.01. The number of carboxylic acid groups (broad SMARTS) is 1. The average Bonchev–Trinajstić information content (AvgIpc) is 3.02. The number of hydrogen-bond acceptors (Lipinski definition) is 7. The van der Waals surface area contributed by atoms with Crippen molar-refractivity contribution >= 4 is 17.7 Å². The number of amides is 1. The number of ether oxygens (including phenoxy) is 1. The Balaban J connectivity index is 1.65. The Morgan fingerprint density at radius 2 is 1.93 bits per heavy atom. The molecule has 0 unspecified atom stereocenters. The predicted molar refractivity (Wildman–Crippen MR) is 93.9 cm³/mol. The summed E-state index contributed by atoms with van der Waals surface area (Å²) in [7, 11) is 0. The van der Waals surface area contributed by atoms with Crippen LogP contribution in [0.2, 0.25) is 0 Å². The van der Waals surface area contributed by atoms with Crippen LogP contribution in [0.1, 0.15) is 17.7 Å². The van der Waals surface area contributed by atoms with Crippen LogP contribution in [-0.2, 0) is 16.2 Å². The van der Waals surface area contributed by atoms with E-state index in [9.17, 15) is 9.59 Å². The third-order valence-electron chi connectivity index (χ3n) is 3.62. The lowest BCUT2D eigenvalue weighted by molar-refractivity contribution is -0.139. The first kappa shape index (κ1) is 18.1. The lowest BCUT2D eigenvalue weighted by Crippen LogP contribution is -2.17. The lowest BCUT2D eigenvalue weighted by Gasteiger charge is -2.06. The van der Waals surface area contributed by atoms with Crippen LogP contribution in [0.4, 0.5) is 5.82 Å². The standard InChI is InChI=1S/C18H16N4O5/c1-11-13(18(22-27-11)12-5-3-2-4-6-12)10-26-16-8-7-14(20-21-16)19-15(23)9-17(24)25/h2-8H,9-10H2,1H3,(H,24,25)(H,19,20,23). The maximum absolute atomic E-state index is 11.4. The first-order valence-electron chi connectivity index (χ1n) is 8.01. The zero-order valence-electron chi connectivity index (χ0n) is 14.4. The third kappa shape index (κ3) is 4.66. The molecule has 0 aliphatic heterocycles. The fraction of sp³-hybridized carbons (Fsp3) is 0.167. The molecule has 0 aliphatic rings. The number of aliphatic carboxylic acids is 1. The molecule has 9 heteroatoms. The van der Waals surface area contributed by atoms with Gasteiger partial charge in [-0.1, -0.05) is 35.5 Å². The maximum Gasteiger partial charge on any atom is 0.312 e. The van der Waals surface area contributed by atoms with Gasteiger partial charge in [0.05, 0.1) is 5.56 Å². The zero-order valence-corrected chi connectivity index (χ0v) is 14.4. The van der Waals surface area contributed by atoms with E-state index in [-0.39, 0.29) is 18.3 Å². The second-order valence-corrected chi connectivity index (χ2v) is 5.60. The Morgan fingerprint density at radius 3 is 2.59 bits per heavy atom. The molecule has 9 nitrogen and oxygen atoms in total. The van der Waals surface area contributed by atoms with E-state index in [0.29, 0.717) is 11.5 Å². The molecule has 2 aromatic heterocycles. The van der Waals surface area contributed by atoms with E-state index in [2.05, 4.69) is 20.7 Å². The summed E-state index contributed by atoms with van der Waals surface area (Å²) in [6.07, 6.45) is -0.644. The SMILES string of the molecule is Cc1onc(-c2ccccc2)c1COc1ccc(NC(=O)CC(=O)O)nn1. The highest BCUT2D eigenvalue weighted by atomic mass is 16.5. The molecule has 0 aliphatic carbocycles. The molecule has 1 amide bonds. The van der Waals surface area contributed by atoms with Gasteiger partial charge in [-0.3, -0.25) is 9.59 Å². The summed E-state index contributed by atoms with van der Waals surface area (Å²) < 4.78 is 10.9. The molecule has 0 radical (unpaired) electrons. The van der Waals surface area contributed by atoms with E-state index in [1.807, 2.05) is 30.3 Å². The lowest BCUT2D eigenvalue weighted by atomic mass is 10.1. The van der Waals surface area contributed by atoms with Crippen molar-refractivity contribution < 1.29 is 24.0 Å². The summed E-state index contributed by atoms with van der Waals surface area (Å²) in [5.74, 6) is -0.887. The number of carbonyl (C=O) groups is 2. The summed E-state index contributed by atoms with van der Waals surface area (Å²) in [4.78, 5) is 21.9. The Bertz CT molecular complexity index is 938. The van der Waals surface area contributed by atoms with Gasteiger partial charge in [0.15, 0.2) is 5.82 Å². The molecule has 0 atom stereocenters. The minimum absolute atomic E-state index is 0.139. The number of nitrogens with zero attached hydrogens (tertiary/aromatic N) is 3. The summed E-state index contributed by atoms with van der Waals surface area (Å²) in [5, 5.41) is 22.6. The molecular formula is C18H16N4O5. The average molecular weight is 368 g/mol. The van der Waals surface area contributed by atoms with Gasteiger partial charge in [0.25, 0.3) is 0 Å². The molecule has 0 fully saturated rings. The van der Waals surface area contributed by atoms with E-state index in [4.69, 9.17) is 14.4 Å². The van der Waals surface area contributed by atoms with Gasteiger partial charge in [-0.05, 0) is 13.0 Å². The summed E-state index contributed by atoms with van der Waals surface area (Å²) >= 11 is 0. The number of aromatic nitrogens is 3. The van der Waals surface area contributed by atoms with Crippen molar-refractivity contribution in [1.82, 2.24) is 15.4 Å². The molecule has 0 spiro atoms. The van der Waals surface area contributed by atoms with Gasteiger partial charge in [-0.25, -0.2) is 0 Å². The van der Waals surface area contributed by atoms with Crippen molar-refractivity contribution in [3.63, 3.8) is 0 Å². The van der Waals surface area contributed by atoms with Gasteiger partial charge in [-0.15, -0.1) is 10.2 Å². The van der Waals surface area contributed by atoms with Crippen molar-refractivity contribution in [2.75, 3.05) is 5.32 Å².